The smallest absolute Gasteiger partial charge is 0.253 e. The highest BCUT2D eigenvalue weighted by Gasteiger charge is 2.31. The molecular weight excluding hydrogens is 343 g/mol. The number of amides is 1. The van der Waals surface area contributed by atoms with E-state index in [-0.39, 0.29) is 22.9 Å². The van der Waals surface area contributed by atoms with Crippen LogP contribution < -0.4 is 5.32 Å². The molecule has 0 atom stereocenters. The highest BCUT2D eigenvalue weighted by Crippen LogP contribution is 2.32. The van der Waals surface area contributed by atoms with Crippen molar-refractivity contribution >= 4 is 28.4 Å². The number of nitrogens with zero attached hydrogens (tertiary/aromatic N) is 1. The molecule has 0 bridgehead atoms. The lowest BCUT2D eigenvalue weighted by Crippen LogP contribution is -2.41. The normalized spacial score (nSPS) is 21.3. The maximum Gasteiger partial charge on any atom is 0.253 e. The molecule has 4 nitrogen and oxygen atoms in total. The van der Waals surface area contributed by atoms with E-state index in [4.69, 9.17) is 11.6 Å². The van der Waals surface area contributed by atoms with E-state index < -0.39 is 11.4 Å². The molecule has 0 radical (unpaired) electrons. The van der Waals surface area contributed by atoms with E-state index in [0.717, 1.165) is 25.7 Å². The lowest BCUT2D eigenvalue weighted by atomic mass is 9.77. The van der Waals surface area contributed by atoms with Crippen molar-refractivity contribution in [3.8, 4) is 0 Å². The molecule has 0 saturated heterocycles. The zero-order valence-electron chi connectivity index (χ0n) is 14.4. The van der Waals surface area contributed by atoms with E-state index in [1.165, 1.54) is 18.3 Å². The second kappa shape index (κ2) is 6.89. The van der Waals surface area contributed by atoms with E-state index in [0.29, 0.717) is 16.5 Å². The zero-order chi connectivity index (χ0) is 18.2. The van der Waals surface area contributed by atoms with Crippen LogP contribution in [-0.4, -0.2) is 27.6 Å². The largest absolute Gasteiger partial charge is 0.390 e. The molecule has 1 aromatic heterocycles. The minimum atomic E-state index is -0.675. The minimum absolute atomic E-state index is 0.0109. The monoisotopic (exact) mass is 364 g/mol. The van der Waals surface area contributed by atoms with Gasteiger partial charge in [0.2, 0.25) is 0 Å². The molecule has 134 valence electrons. The van der Waals surface area contributed by atoms with E-state index in [2.05, 4.69) is 10.3 Å². The van der Waals surface area contributed by atoms with Crippen molar-refractivity contribution in [2.24, 2.45) is 5.92 Å². The average molecular weight is 365 g/mol. The van der Waals surface area contributed by atoms with E-state index in [1.807, 2.05) is 13.8 Å². The third kappa shape index (κ3) is 4.10. The second-order valence-electron chi connectivity index (χ2n) is 7.36. The van der Waals surface area contributed by atoms with Crippen molar-refractivity contribution < 1.29 is 14.3 Å². The molecule has 1 saturated carbocycles. The van der Waals surface area contributed by atoms with Gasteiger partial charge in [0, 0.05) is 23.7 Å². The van der Waals surface area contributed by atoms with Crippen LogP contribution in [0.15, 0.2) is 24.4 Å². The topological polar surface area (TPSA) is 62.2 Å². The lowest BCUT2D eigenvalue weighted by Gasteiger charge is -2.36. The predicted octanol–water partition coefficient (Wildman–Crippen LogP) is 4.09. The molecule has 3 rings (SSSR count). The number of pyridine rings is 1. The fraction of sp³-hybridized carbons (Fsp3) is 0.474. The summed E-state index contributed by atoms with van der Waals surface area (Å²) in [5.41, 5.74) is 0.218. The van der Waals surface area contributed by atoms with Gasteiger partial charge < -0.3 is 10.4 Å². The third-order valence-electron chi connectivity index (χ3n) is 5.05. The third-order valence-corrected chi connectivity index (χ3v) is 5.34. The first-order valence-electron chi connectivity index (χ1n) is 8.52. The van der Waals surface area contributed by atoms with Crippen molar-refractivity contribution in [1.82, 2.24) is 10.3 Å². The molecule has 0 unspecified atom stereocenters. The highest BCUT2D eigenvalue weighted by atomic mass is 35.5. The van der Waals surface area contributed by atoms with Gasteiger partial charge in [-0.2, -0.15) is 0 Å². The number of carbonyl (C=O) groups excluding carboxylic acids is 1. The maximum atomic E-state index is 13.5. The van der Waals surface area contributed by atoms with Crippen molar-refractivity contribution in [1.29, 1.82) is 0 Å². The molecule has 1 aliphatic rings. The number of aliphatic hydroxyl groups is 1. The quantitative estimate of drug-likeness (QED) is 0.862. The van der Waals surface area contributed by atoms with Crippen molar-refractivity contribution in [2.75, 3.05) is 0 Å². The van der Waals surface area contributed by atoms with E-state index >= 15 is 0 Å². The number of rotatable bonds is 3. The minimum Gasteiger partial charge on any atom is -0.390 e. The Morgan fingerprint density at radius 3 is 2.60 bits per heavy atom. The summed E-state index contributed by atoms with van der Waals surface area (Å²) in [6.07, 6.45) is 4.92. The molecule has 1 amide bonds. The van der Waals surface area contributed by atoms with Crippen LogP contribution in [-0.2, 0) is 0 Å². The van der Waals surface area contributed by atoms with Crippen LogP contribution in [0.5, 0.6) is 0 Å². The number of aromatic nitrogens is 1. The summed E-state index contributed by atoms with van der Waals surface area (Å²) >= 11 is 5.80. The van der Waals surface area contributed by atoms with Crippen LogP contribution in [0, 0.1) is 11.7 Å². The van der Waals surface area contributed by atoms with Crippen molar-refractivity contribution in [3.63, 3.8) is 0 Å². The SMILES string of the molecule is CC(C)(O)C1CCC(NC(=O)c2cnc3cc(F)c(Cl)cc3c2)CC1. The van der Waals surface area contributed by atoms with Gasteiger partial charge >= 0.3 is 0 Å². The van der Waals surface area contributed by atoms with Gasteiger partial charge in [-0.15, -0.1) is 0 Å². The van der Waals surface area contributed by atoms with Crippen LogP contribution in [0.2, 0.25) is 5.02 Å². The Balaban J connectivity index is 1.68. The first-order chi connectivity index (χ1) is 11.7. The number of nitrogens with one attached hydrogen (secondary N) is 1. The van der Waals surface area contributed by atoms with Gasteiger partial charge in [0.1, 0.15) is 5.82 Å². The Bertz CT molecular complexity index is 796. The summed E-state index contributed by atoms with van der Waals surface area (Å²) < 4.78 is 13.5. The summed E-state index contributed by atoms with van der Waals surface area (Å²) in [4.78, 5) is 16.6. The molecule has 2 N–H and O–H groups in total. The molecule has 1 fully saturated rings. The summed E-state index contributed by atoms with van der Waals surface area (Å²) in [5, 5.41) is 13.8. The summed E-state index contributed by atoms with van der Waals surface area (Å²) in [6, 6.07) is 4.51. The molecule has 6 heteroatoms. The van der Waals surface area contributed by atoms with E-state index in [9.17, 15) is 14.3 Å². The lowest BCUT2D eigenvalue weighted by molar-refractivity contribution is -0.00257. The first kappa shape index (κ1) is 18.1. The Morgan fingerprint density at radius 1 is 1.28 bits per heavy atom. The van der Waals surface area contributed by atoms with Gasteiger partial charge in [-0.3, -0.25) is 9.78 Å². The molecule has 1 heterocycles. The molecule has 1 aliphatic carbocycles. The molecule has 2 aromatic rings. The van der Waals surface area contributed by atoms with Crippen LogP contribution in [0.4, 0.5) is 4.39 Å². The molecule has 0 spiro atoms. The Kier molecular flexibility index (Phi) is 4.98. The number of hydrogen-bond acceptors (Lipinski definition) is 3. The zero-order valence-corrected chi connectivity index (χ0v) is 15.1. The van der Waals surface area contributed by atoms with Crippen LogP contribution >= 0.6 is 11.6 Å². The second-order valence-corrected chi connectivity index (χ2v) is 7.77. The standard InChI is InChI=1S/C19H22ClFN2O2/c1-19(2,25)13-3-5-14(6-4-13)23-18(24)12-7-11-8-15(20)16(21)9-17(11)22-10-12/h7-10,13-14,25H,3-6H2,1-2H3,(H,23,24). The van der Waals surface area contributed by atoms with Gasteiger partial charge in [-0.25, -0.2) is 4.39 Å². The number of fused-ring (bicyclic) bond motifs is 1. The molecular formula is C19H22ClFN2O2. The Morgan fingerprint density at radius 2 is 1.96 bits per heavy atom. The summed E-state index contributed by atoms with van der Waals surface area (Å²) in [6.45, 7) is 3.68. The highest BCUT2D eigenvalue weighted by molar-refractivity contribution is 6.31. The van der Waals surface area contributed by atoms with Gasteiger partial charge in [-0.05, 0) is 57.6 Å². The Labute approximate surface area is 151 Å². The number of halogens is 2. The van der Waals surface area contributed by atoms with E-state index in [1.54, 1.807) is 6.07 Å². The van der Waals surface area contributed by atoms with Crippen LogP contribution in [0.1, 0.15) is 49.9 Å². The fourth-order valence-corrected chi connectivity index (χ4v) is 3.63. The Hall–Kier alpha value is -1.72. The first-order valence-corrected chi connectivity index (χ1v) is 8.90. The number of carbonyl (C=O) groups is 1. The van der Waals surface area contributed by atoms with Crippen LogP contribution in [0.3, 0.4) is 0 Å². The average Bonchev–Trinajstić information content (AvgIpc) is 2.55. The van der Waals surface area contributed by atoms with Crippen molar-refractivity contribution in [2.45, 2.75) is 51.2 Å². The number of benzene rings is 1. The van der Waals surface area contributed by atoms with Gasteiger partial charge in [0.25, 0.3) is 5.91 Å². The van der Waals surface area contributed by atoms with Gasteiger partial charge in [-0.1, -0.05) is 11.6 Å². The van der Waals surface area contributed by atoms with Gasteiger partial charge in [0.05, 0.1) is 21.7 Å². The molecule has 0 aliphatic heterocycles. The van der Waals surface area contributed by atoms with Crippen LogP contribution in [0.25, 0.3) is 10.9 Å². The predicted molar refractivity (Wildman–Crippen MR) is 96.2 cm³/mol. The molecule has 25 heavy (non-hydrogen) atoms. The maximum absolute atomic E-state index is 13.5. The summed E-state index contributed by atoms with van der Waals surface area (Å²) in [5.74, 6) is -0.455. The fourth-order valence-electron chi connectivity index (χ4n) is 3.46. The molecule has 1 aromatic carbocycles. The number of hydrogen-bond donors (Lipinski definition) is 2. The van der Waals surface area contributed by atoms with Gasteiger partial charge in [0.15, 0.2) is 0 Å². The van der Waals surface area contributed by atoms with Crippen molar-refractivity contribution in [3.05, 3.63) is 40.8 Å². The summed E-state index contributed by atoms with van der Waals surface area (Å²) in [7, 11) is 0.